The molecule has 1 saturated heterocycles. The highest BCUT2D eigenvalue weighted by molar-refractivity contribution is 5.82. The number of ether oxygens (including phenoxy) is 1. The number of esters is 1. The Bertz CT molecular complexity index is 652. The number of hydrogen-bond donors (Lipinski definition) is 1. The molecule has 1 saturated carbocycles. The Labute approximate surface area is 143 Å². The second-order valence-corrected chi connectivity index (χ2v) is 7.41. The van der Waals surface area contributed by atoms with Gasteiger partial charge in [0.15, 0.2) is 5.60 Å². The van der Waals surface area contributed by atoms with Gasteiger partial charge in [-0.2, -0.15) is 0 Å². The zero-order valence-corrected chi connectivity index (χ0v) is 14.1. The first-order chi connectivity index (χ1) is 11.6. The molecule has 0 radical (unpaired) electrons. The molecule has 128 valence electrons. The molecular formula is C20H25NO3. The molecule has 0 aromatic heterocycles. The van der Waals surface area contributed by atoms with Crippen LogP contribution in [0.4, 0.5) is 0 Å². The normalized spacial score (nSPS) is 29.0. The van der Waals surface area contributed by atoms with Crippen molar-refractivity contribution in [1.82, 2.24) is 4.90 Å². The Morgan fingerprint density at radius 2 is 2.00 bits per heavy atom. The largest absolute Gasteiger partial charge is 0.459 e. The molecule has 0 spiro atoms. The SMILES string of the molecule is CN1[C@H]2CC=C(COC(=O)C(O)(c3ccccc3)C3CC3)[C@@H]1CC2. The summed E-state index contributed by atoms with van der Waals surface area (Å²) in [6, 6.07) is 10.3. The summed E-state index contributed by atoms with van der Waals surface area (Å²) < 4.78 is 5.62. The van der Waals surface area contributed by atoms with E-state index in [0.29, 0.717) is 24.3 Å². The summed E-state index contributed by atoms with van der Waals surface area (Å²) in [6.45, 7) is 0.294. The molecule has 2 fully saturated rings. The van der Waals surface area contributed by atoms with Gasteiger partial charge in [-0.1, -0.05) is 36.4 Å². The van der Waals surface area contributed by atoms with Crippen molar-refractivity contribution in [3.63, 3.8) is 0 Å². The van der Waals surface area contributed by atoms with Gasteiger partial charge in [-0.3, -0.25) is 4.90 Å². The number of carbonyl (C=O) groups excluding carboxylic acids is 1. The maximum Gasteiger partial charge on any atom is 0.343 e. The van der Waals surface area contributed by atoms with E-state index in [1.807, 2.05) is 30.3 Å². The van der Waals surface area contributed by atoms with Crippen LogP contribution in [0.3, 0.4) is 0 Å². The summed E-state index contributed by atoms with van der Waals surface area (Å²) in [7, 11) is 2.15. The van der Waals surface area contributed by atoms with Gasteiger partial charge in [0.1, 0.15) is 6.61 Å². The molecule has 4 nitrogen and oxygen atoms in total. The lowest BCUT2D eigenvalue weighted by atomic mass is 9.89. The van der Waals surface area contributed by atoms with Crippen molar-refractivity contribution in [3.8, 4) is 0 Å². The first-order valence-electron chi connectivity index (χ1n) is 8.96. The highest BCUT2D eigenvalue weighted by atomic mass is 16.5. The molecule has 2 heterocycles. The van der Waals surface area contributed by atoms with Crippen LogP contribution in [0.25, 0.3) is 0 Å². The van der Waals surface area contributed by atoms with E-state index in [-0.39, 0.29) is 5.92 Å². The van der Waals surface area contributed by atoms with Crippen LogP contribution in [0, 0.1) is 5.92 Å². The van der Waals surface area contributed by atoms with Crippen LogP contribution in [0.5, 0.6) is 0 Å². The van der Waals surface area contributed by atoms with Crippen molar-refractivity contribution in [2.75, 3.05) is 13.7 Å². The Morgan fingerprint density at radius 3 is 2.71 bits per heavy atom. The van der Waals surface area contributed by atoms with Crippen molar-refractivity contribution >= 4 is 5.97 Å². The van der Waals surface area contributed by atoms with Crippen molar-refractivity contribution in [1.29, 1.82) is 0 Å². The van der Waals surface area contributed by atoms with Crippen LogP contribution in [-0.2, 0) is 15.1 Å². The minimum atomic E-state index is -1.50. The van der Waals surface area contributed by atoms with E-state index in [0.717, 1.165) is 25.7 Å². The quantitative estimate of drug-likeness (QED) is 0.667. The Balaban J connectivity index is 1.48. The van der Waals surface area contributed by atoms with Gasteiger partial charge in [0.05, 0.1) is 0 Å². The lowest BCUT2D eigenvalue weighted by molar-refractivity contribution is -0.168. The lowest BCUT2D eigenvalue weighted by Crippen LogP contribution is -2.41. The average molecular weight is 327 g/mol. The standard InChI is InChI=1S/C20H25NO3/c1-21-17-10-7-14(18(21)12-11-17)13-24-19(22)20(23,16-8-9-16)15-5-3-2-4-6-15/h2-7,16-18,23H,8-13H2,1H3/t17-,18-,20?/m0/s1. The third-order valence-corrected chi connectivity index (χ3v) is 5.98. The van der Waals surface area contributed by atoms with Crippen molar-refractivity contribution in [2.24, 2.45) is 5.92 Å². The van der Waals surface area contributed by atoms with Crippen LogP contribution in [0.15, 0.2) is 42.0 Å². The minimum absolute atomic E-state index is 0.0220. The Kier molecular flexibility index (Phi) is 3.97. The number of nitrogens with zero attached hydrogens (tertiary/aromatic N) is 1. The van der Waals surface area contributed by atoms with E-state index in [9.17, 15) is 9.90 Å². The van der Waals surface area contributed by atoms with Crippen LogP contribution in [0.1, 0.15) is 37.7 Å². The molecule has 1 aromatic rings. The molecule has 2 bridgehead atoms. The molecule has 4 heteroatoms. The fourth-order valence-electron chi connectivity index (χ4n) is 4.29. The molecule has 2 aliphatic heterocycles. The predicted molar refractivity (Wildman–Crippen MR) is 91.3 cm³/mol. The molecule has 3 atom stereocenters. The van der Waals surface area contributed by atoms with Gasteiger partial charge < -0.3 is 9.84 Å². The lowest BCUT2D eigenvalue weighted by Gasteiger charge is -2.32. The summed E-state index contributed by atoms with van der Waals surface area (Å²) in [5.74, 6) is -0.522. The molecule has 1 unspecified atom stereocenters. The molecule has 1 aromatic carbocycles. The van der Waals surface area contributed by atoms with Crippen molar-refractivity contribution < 1.29 is 14.6 Å². The van der Waals surface area contributed by atoms with Gasteiger partial charge in [-0.25, -0.2) is 4.79 Å². The van der Waals surface area contributed by atoms with Crippen molar-refractivity contribution in [2.45, 2.75) is 49.8 Å². The molecular weight excluding hydrogens is 302 g/mol. The van der Waals surface area contributed by atoms with E-state index in [1.165, 1.54) is 12.0 Å². The second kappa shape index (κ2) is 6.01. The van der Waals surface area contributed by atoms with Gasteiger partial charge >= 0.3 is 5.97 Å². The third-order valence-electron chi connectivity index (χ3n) is 5.98. The summed E-state index contributed by atoms with van der Waals surface area (Å²) in [5, 5.41) is 11.1. The Morgan fingerprint density at radius 1 is 1.25 bits per heavy atom. The van der Waals surface area contributed by atoms with E-state index in [1.54, 1.807) is 0 Å². The van der Waals surface area contributed by atoms with E-state index in [2.05, 4.69) is 18.0 Å². The summed E-state index contributed by atoms with van der Waals surface area (Å²) in [6.07, 6.45) is 7.35. The van der Waals surface area contributed by atoms with Crippen LogP contribution in [-0.4, -0.2) is 41.7 Å². The van der Waals surface area contributed by atoms with E-state index < -0.39 is 11.6 Å². The predicted octanol–water partition coefficient (Wildman–Crippen LogP) is 2.62. The second-order valence-electron chi connectivity index (χ2n) is 7.41. The fourth-order valence-corrected chi connectivity index (χ4v) is 4.29. The average Bonchev–Trinajstić information content (AvgIpc) is 3.42. The number of fused-ring (bicyclic) bond motifs is 2. The third kappa shape index (κ3) is 2.58. The number of hydrogen-bond acceptors (Lipinski definition) is 4. The highest BCUT2D eigenvalue weighted by Crippen LogP contribution is 2.46. The zero-order chi connectivity index (χ0) is 16.7. The molecule has 1 N–H and O–H groups in total. The van der Waals surface area contributed by atoms with E-state index >= 15 is 0 Å². The smallest absolute Gasteiger partial charge is 0.343 e. The molecule has 1 aliphatic carbocycles. The van der Waals surface area contributed by atoms with Crippen LogP contribution < -0.4 is 0 Å². The number of benzene rings is 1. The maximum absolute atomic E-state index is 12.8. The molecule has 0 amide bonds. The van der Waals surface area contributed by atoms with Gasteiger partial charge in [-0.15, -0.1) is 0 Å². The number of likely N-dealkylation sites (N-methyl/N-ethyl adjacent to an activating group) is 1. The first-order valence-corrected chi connectivity index (χ1v) is 8.96. The number of aliphatic hydroxyl groups is 1. The summed E-state index contributed by atoms with van der Waals surface area (Å²) in [5.41, 5.74) is 0.333. The van der Waals surface area contributed by atoms with Crippen LogP contribution in [0.2, 0.25) is 0 Å². The maximum atomic E-state index is 12.8. The molecule has 24 heavy (non-hydrogen) atoms. The summed E-state index contributed by atoms with van der Waals surface area (Å²) >= 11 is 0. The summed E-state index contributed by atoms with van der Waals surface area (Å²) in [4.78, 5) is 15.2. The monoisotopic (exact) mass is 327 g/mol. The van der Waals surface area contributed by atoms with Gasteiger partial charge in [-0.05, 0) is 50.3 Å². The van der Waals surface area contributed by atoms with Gasteiger partial charge in [0.2, 0.25) is 0 Å². The van der Waals surface area contributed by atoms with Crippen LogP contribution >= 0.6 is 0 Å². The zero-order valence-electron chi connectivity index (χ0n) is 14.1. The van der Waals surface area contributed by atoms with Crippen molar-refractivity contribution in [3.05, 3.63) is 47.5 Å². The van der Waals surface area contributed by atoms with Gasteiger partial charge in [0, 0.05) is 18.0 Å². The van der Waals surface area contributed by atoms with Gasteiger partial charge in [0.25, 0.3) is 0 Å². The topological polar surface area (TPSA) is 49.8 Å². The minimum Gasteiger partial charge on any atom is -0.459 e. The first kappa shape index (κ1) is 15.9. The Hall–Kier alpha value is -1.65. The fraction of sp³-hybridized carbons (Fsp3) is 0.550. The highest BCUT2D eigenvalue weighted by Gasteiger charge is 2.52. The number of carbonyl (C=O) groups is 1. The molecule has 3 aliphatic rings. The van der Waals surface area contributed by atoms with E-state index in [4.69, 9.17) is 4.74 Å². The molecule has 4 rings (SSSR count). The number of rotatable bonds is 5.